The first-order valence-corrected chi connectivity index (χ1v) is 6.67. The number of nitrogens with zero attached hydrogens (tertiary/aromatic N) is 3. The predicted molar refractivity (Wildman–Crippen MR) is 71.9 cm³/mol. The molecule has 2 heterocycles. The number of hydrogen-bond donors (Lipinski definition) is 2. The highest BCUT2D eigenvalue weighted by Crippen LogP contribution is 2.39. The molecule has 8 heteroatoms. The number of anilines is 1. The van der Waals surface area contributed by atoms with Crippen molar-refractivity contribution in [1.82, 2.24) is 15.2 Å². The molecule has 21 heavy (non-hydrogen) atoms. The van der Waals surface area contributed by atoms with E-state index < -0.39 is 17.9 Å². The third-order valence-corrected chi connectivity index (χ3v) is 3.95. The number of nitrogens with one attached hydrogen (secondary N) is 1. The SMILES string of the molecule is CNC(=O)c1ccc(N2CCN(C(=O)O)[C@@H]3C[C@@H]32)c(F)n1. The number of amides is 2. The van der Waals surface area contributed by atoms with Crippen LogP contribution in [0, 0.1) is 5.95 Å². The largest absolute Gasteiger partial charge is 0.465 e. The van der Waals surface area contributed by atoms with E-state index in [0.29, 0.717) is 25.2 Å². The molecular weight excluding hydrogens is 279 g/mol. The van der Waals surface area contributed by atoms with Crippen molar-refractivity contribution >= 4 is 17.7 Å². The van der Waals surface area contributed by atoms with Gasteiger partial charge in [-0.25, -0.2) is 9.78 Å². The monoisotopic (exact) mass is 294 g/mol. The third-order valence-electron chi connectivity index (χ3n) is 3.95. The zero-order chi connectivity index (χ0) is 15.1. The maximum atomic E-state index is 14.1. The molecule has 1 saturated heterocycles. The number of carbonyl (C=O) groups is 2. The summed E-state index contributed by atoms with van der Waals surface area (Å²) < 4.78 is 14.1. The average Bonchev–Trinajstić information content (AvgIpc) is 3.25. The fourth-order valence-electron chi connectivity index (χ4n) is 2.82. The number of pyridine rings is 1. The van der Waals surface area contributed by atoms with E-state index in [1.807, 2.05) is 4.90 Å². The number of carboxylic acid groups (broad SMARTS) is 1. The summed E-state index contributed by atoms with van der Waals surface area (Å²) in [6, 6.07) is 2.92. The van der Waals surface area contributed by atoms with Crippen LogP contribution in [-0.4, -0.2) is 59.2 Å². The topological polar surface area (TPSA) is 85.8 Å². The van der Waals surface area contributed by atoms with Gasteiger partial charge in [0.05, 0.1) is 17.8 Å². The van der Waals surface area contributed by atoms with Gasteiger partial charge in [-0.05, 0) is 18.6 Å². The molecule has 1 saturated carbocycles. The number of hydrogen-bond acceptors (Lipinski definition) is 4. The van der Waals surface area contributed by atoms with Gasteiger partial charge in [0.25, 0.3) is 5.91 Å². The molecule has 3 rings (SSSR count). The van der Waals surface area contributed by atoms with Crippen LogP contribution in [0.1, 0.15) is 16.9 Å². The summed E-state index contributed by atoms with van der Waals surface area (Å²) in [6.45, 7) is 0.762. The minimum atomic E-state index is -0.935. The van der Waals surface area contributed by atoms with Crippen molar-refractivity contribution in [3.05, 3.63) is 23.8 Å². The zero-order valence-electron chi connectivity index (χ0n) is 11.4. The van der Waals surface area contributed by atoms with Crippen LogP contribution < -0.4 is 10.2 Å². The minimum Gasteiger partial charge on any atom is -0.465 e. The van der Waals surface area contributed by atoms with Gasteiger partial charge in [0.2, 0.25) is 5.95 Å². The van der Waals surface area contributed by atoms with Crippen LogP contribution in [0.2, 0.25) is 0 Å². The van der Waals surface area contributed by atoms with E-state index in [2.05, 4.69) is 10.3 Å². The van der Waals surface area contributed by atoms with E-state index in [1.165, 1.54) is 24.1 Å². The lowest BCUT2D eigenvalue weighted by atomic mass is 10.2. The Kier molecular flexibility index (Phi) is 3.15. The molecule has 1 aliphatic heterocycles. The standard InChI is InChI=1S/C13H15FN4O3/c1-15-12(19)7-2-3-8(11(14)16-7)17-4-5-18(13(20)21)10-6-9(10)17/h2-3,9-10H,4-6H2,1H3,(H,15,19)(H,20,21)/t9-,10+/m0/s1. The van der Waals surface area contributed by atoms with Crippen LogP contribution in [0.25, 0.3) is 0 Å². The van der Waals surface area contributed by atoms with Gasteiger partial charge in [0.15, 0.2) is 0 Å². The van der Waals surface area contributed by atoms with Crippen LogP contribution >= 0.6 is 0 Å². The van der Waals surface area contributed by atoms with Gasteiger partial charge in [0.1, 0.15) is 5.69 Å². The van der Waals surface area contributed by atoms with E-state index in [9.17, 15) is 14.0 Å². The highest BCUT2D eigenvalue weighted by Gasteiger charge is 2.51. The maximum Gasteiger partial charge on any atom is 0.407 e. The van der Waals surface area contributed by atoms with Crippen LogP contribution in [-0.2, 0) is 0 Å². The second-order valence-electron chi connectivity index (χ2n) is 5.13. The van der Waals surface area contributed by atoms with Crippen molar-refractivity contribution < 1.29 is 19.1 Å². The summed E-state index contributed by atoms with van der Waals surface area (Å²) in [4.78, 5) is 29.4. The lowest BCUT2D eigenvalue weighted by molar-refractivity contribution is 0.0956. The molecule has 2 fully saturated rings. The minimum absolute atomic E-state index is 0.00278. The van der Waals surface area contributed by atoms with Gasteiger partial charge >= 0.3 is 6.09 Å². The molecule has 0 bridgehead atoms. The molecule has 1 aliphatic carbocycles. The van der Waals surface area contributed by atoms with Crippen molar-refractivity contribution in [3.8, 4) is 0 Å². The molecule has 0 radical (unpaired) electrons. The molecule has 0 spiro atoms. The Balaban J connectivity index is 1.80. The smallest absolute Gasteiger partial charge is 0.407 e. The first-order chi connectivity index (χ1) is 10.0. The molecule has 7 nitrogen and oxygen atoms in total. The number of rotatable bonds is 2. The molecule has 1 aromatic rings. The molecule has 0 aromatic carbocycles. The normalized spacial score (nSPS) is 23.5. The Hall–Kier alpha value is -2.38. The molecule has 2 N–H and O–H groups in total. The Bertz CT molecular complexity index is 609. The van der Waals surface area contributed by atoms with E-state index in [1.54, 1.807) is 0 Å². The van der Waals surface area contributed by atoms with Crippen molar-refractivity contribution in [2.24, 2.45) is 0 Å². The summed E-state index contributed by atoms with van der Waals surface area (Å²) in [5.74, 6) is -1.15. The quantitative estimate of drug-likeness (QED) is 0.777. The van der Waals surface area contributed by atoms with Crippen molar-refractivity contribution in [3.63, 3.8) is 0 Å². The van der Waals surface area contributed by atoms with Crippen molar-refractivity contribution in [2.45, 2.75) is 18.5 Å². The fourth-order valence-corrected chi connectivity index (χ4v) is 2.82. The van der Waals surface area contributed by atoms with Gasteiger partial charge in [-0.2, -0.15) is 4.39 Å². The predicted octanol–water partition coefficient (Wildman–Crippen LogP) is 0.521. The Morgan fingerprint density at radius 2 is 2.14 bits per heavy atom. The Labute approximate surface area is 120 Å². The van der Waals surface area contributed by atoms with Gasteiger partial charge in [-0.3, -0.25) is 4.79 Å². The second-order valence-corrected chi connectivity index (χ2v) is 5.13. The molecule has 2 atom stereocenters. The summed E-state index contributed by atoms with van der Waals surface area (Å²) in [5.41, 5.74) is 0.343. The van der Waals surface area contributed by atoms with Crippen LogP contribution in [0.4, 0.5) is 14.9 Å². The summed E-state index contributed by atoms with van der Waals surface area (Å²) in [6.07, 6.45) is -0.237. The number of halogens is 1. The van der Waals surface area contributed by atoms with E-state index in [0.717, 1.165) is 0 Å². The fraction of sp³-hybridized carbons (Fsp3) is 0.462. The Morgan fingerprint density at radius 3 is 2.76 bits per heavy atom. The number of piperazine rings is 1. The number of carbonyl (C=O) groups excluding carboxylic acids is 1. The summed E-state index contributed by atoms with van der Waals surface area (Å²) in [5, 5.41) is 11.4. The molecule has 0 unspecified atom stereocenters. The maximum absolute atomic E-state index is 14.1. The van der Waals surface area contributed by atoms with Crippen molar-refractivity contribution in [2.75, 3.05) is 25.0 Å². The van der Waals surface area contributed by atoms with Gasteiger partial charge < -0.3 is 20.2 Å². The number of aromatic nitrogens is 1. The number of fused-ring (bicyclic) bond motifs is 1. The first kappa shape index (κ1) is 13.6. The van der Waals surface area contributed by atoms with Crippen molar-refractivity contribution in [1.29, 1.82) is 0 Å². The zero-order valence-corrected chi connectivity index (χ0v) is 11.4. The molecule has 1 aromatic heterocycles. The molecule has 2 aliphatic rings. The highest BCUT2D eigenvalue weighted by atomic mass is 19.1. The molecule has 2 amide bonds. The Morgan fingerprint density at radius 1 is 1.38 bits per heavy atom. The highest BCUT2D eigenvalue weighted by molar-refractivity contribution is 5.92. The summed E-state index contributed by atoms with van der Waals surface area (Å²) >= 11 is 0. The van der Waals surface area contributed by atoms with Gasteiger partial charge in [-0.15, -0.1) is 0 Å². The summed E-state index contributed by atoms with van der Waals surface area (Å²) in [7, 11) is 1.45. The average molecular weight is 294 g/mol. The lowest BCUT2D eigenvalue weighted by Gasteiger charge is -2.34. The van der Waals surface area contributed by atoms with Gasteiger partial charge in [-0.1, -0.05) is 0 Å². The molecular formula is C13H15FN4O3. The van der Waals surface area contributed by atoms with E-state index in [4.69, 9.17) is 5.11 Å². The first-order valence-electron chi connectivity index (χ1n) is 6.67. The molecule has 112 valence electrons. The second kappa shape index (κ2) is 4.87. The van der Waals surface area contributed by atoms with Crippen LogP contribution in [0.15, 0.2) is 12.1 Å². The lowest BCUT2D eigenvalue weighted by Crippen LogP contribution is -2.48. The van der Waals surface area contributed by atoms with E-state index in [-0.39, 0.29) is 17.8 Å². The van der Waals surface area contributed by atoms with E-state index >= 15 is 0 Å². The van der Waals surface area contributed by atoms with Crippen LogP contribution in [0.3, 0.4) is 0 Å². The van der Waals surface area contributed by atoms with Gasteiger partial charge in [0, 0.05) is 20.1 Å². The third kappa shape index (κ3) is 2.26. The van der Waals surface area contributed by atoms with Crippen LogP contribution in [0.5, 0.6) is 0 Å².